The molecule has 1 heterocycles. The van der Waals surface area contributed by atoms with Crippen LogP contribution in [0.3, 0.4) is 0 Å². The number of nitrogens with one attached hydrogen (secondary N) is 1. The molecule has 3 rings (SSSR count). The molecule has 2 N–H and O–H groups in total. The molecule has 1 aliphatic carbocycles. The van der Waals surface area contributed by atoms with Crippen LogP contribution in [0.2, 0.25) is 5.11 Å². The number of benzene rings is 1. The average molecular weight is 362 g/mol. The van der Waals surface area contributed by atoms with Crippen molar-refractivity contribution in [2.75, 3.05) is 13.2 Å². The second-order valence-electron chi connectivity index (χ2n) is 8.38. The van der Waals surface area contributed by atoms with Crippen molar-refractivity contribution in [3.63, 3.8) is 0 Å². The maximum Gasteiger partial charge on any atom is 0.224 e. The zero-order chi connectivity index (χ0) is 19.4. The molecule has 1 aliphatic rings. The lowest BCUT2D eigenvalue weighted by atomic mass is 9.43. The number of aromatic nitrogens is 1. The summed E-state index contributed by atoms with van der Waals surface area (Å²) >= 11 is 0. The summed E-state index contributed by atoms with van der Waals surface area (Å²) < 4.78 is 5.67. The highest BCUT2D eigenvalue weighted by molar-refractivity contribution is 6.59. The molecule has 1 saturated carbocycles. The summed E-state index contributed by atoms with van der Waals surface area (Å²) in [4.78, 5) is 16.8. The molecule has 8 heteroatoms. The Bertz CT molecular complexity index is 766. The number of pyridine rings is 1. The number of carbonyl (C=O) groups is 1. The van der Waals surface area contributed by atoms with Crippen LogP contribution in [0.4, 0.5) is 0 Å². The van der Waals surface area contributed by atoms with Gasteiger partial charge in [0, 0.05) is 18.2 Å². The maximum atomic E-state index is 12.5. The fourth-order valence-electron chi connectivity index (χ4n) is 3.04. The minimum absolute atomic E-state index is 0.0176. The number of nitrogens with zero attached hydrogens (tertiary/aromatic N) is 1. The van der Waals surface area contributed by atoms with E-state index in [0.29, 0.717) is 12.5 Å². The van der Waals surface area contributed by atoms with Crippen molar-refractivity contribution in [2.24, 2.45) is 5.92 Å². The Morgan fingerprint density at radius 2 is 2.00 bits per heavy atom. The van der Waals surface area contributed by atoms with Crippen LogP contribution in [0.1, 0.15) is 29.5 Å². The van der Waals surface area contributed by atoms with Gasteiger partial charge in [0.25, 0.3) is 0 Å². The van der Waals surface area contributed by atoms with Crippen LogP contribution < -0.4 is 10.1 Å². The SMILES string of the molecule is BC(B)(B)COc1ccc([C@H](CO)NC(=O)[C@H]2C[C@@H]2c2ccccc2)cn1. The first-order valence-corrected chi connectivity index (χ1v) is 9.42. The summed E-state index contributed by atoms with van der Waals surface area (Å²) in [5, 5.41) is 12.7. The molecule has 1 amide bonds. The van der Waals surface area contributed by atoms with Gasteiger partial charge in [-0.15, -0.1) is 0 Å². The van der Waals surface area contributed by atoms with Crippen molar-refractivity contribution in [3.8, 4) is 5.88 Å². The van der Waals surface area contributed by atoms with Crippen LogP contribution in [0.15, 0.2) is 48.7 Å². The molecule has 5 nitrogen and oxygen atoms in total. The van der Waals surface area contributed by atoms with Gasteiger partial charge in [0.05, 0.1) is 42.8 Å². The van der Waals surface area contributed by atoms with E-state index in [1.165, 1.54) is 5.56 Å². The van der Waals surface area contributed by atoms with Crippen LogP contribution in [0, 0.1) is 5.92 Å². The predicted octanol–water partition coefficient (Wildman–Crippen LogP) is -0.613. The highest BCUT2D eigenvalue weighted by atomic mass is 16.5. The molecule has 0 unspecified atom stereocenters. The number of rotatable bonds is 8. The zero-order valence-corrected chi connectivity index (χ0v) is 16.2. The molecule has 0 spiro atoms. The van der Waals surface area contributed by atoms with Crippen LogP contribution >= 0.6 is 0 Å². The van der Waals surface area contributed by atoms with E-state index in [0.717, 1.165) is 12.0 Å². The number of amides is 1. The Kier molecular flexibility index (Phi) is 5.95. The Morgan fingerprint density at radius 3 is 2.59 bits per heavy atom. The number of aliphatic hydroxyl groups is 1. The van der Waals surface area contributed by atoms with E-state index in [4.69, 9.17) is 4.74 Å². The summed E-state index contributed by atoms with van der Waals surface area (Å²) in [6.45, 7) is 0.403. The van der Waals surface area contributed by atoms with Crippen molar-refractivity contribution in [1.29, 1.82) is 0 Å². The molecule has 1 fully saturated rings. The third kappa shape index (κ3) is 5.39. The first-order valence-electron chi connectivity index (χ1n) is 9.42. The first kappa shape index (κ1) is 19.6. The molecule has 0 aliphatic heterocycles. The Hall–Kier alpha value is -2.21. The van der Waals surface area contributed by atoms with Gasteiger partial charge in [0.2, 0.25) is 11.8 Å². The molecular formula is C19H25B3N2O3. The Morgan fingerprint density at radius 1 is 1.26 bits per heavy atom. The molecule has 0 saturated heterocycles. The van der Waals surface area contributed by atoms with Crippen LogP contribution in [0.25, 0.3) is 0 Å². The lowest BCUT2D eigenvalue weighted by molar-refractivity contribution is -0.123. The van der Waals surface area contributed by atoms with Crippen molar-refractivity contribution < 1.29 is 14.6 Å². The zero-order valence-electron chi connectivity index (χ0n) is 16.2. The lowest BCUT2D eigenvalue weighted by Crippen LogP contribution is -2.32. The topological polar surface area (TPSA) is 71.5 Å². The molecule has 0 bridgehead atoms. The van der Waals surface area contributed by atoms with Crippen LogP contribution in [-0.2, 0) is 4.79 Å². The van der Waals surface area contributed by atoms with E-state index in [9.17, 15) is 9.90 Å². The van der Waals surface area contributed by atoms with Gasteiger partial charge < -0.3 is 15.2 Å². The highest BCUT2D eigenvalue weighted by Gasteiger charge is 2.44. The lowest BCUT2D eigenvalue weighted by Gasteiger charge is -2.19. The van der Waals surface area contributed by atoms with Gasteiger partial charge in [-0.3, -0.25) is 4.79 Å². The quantitative estimate of drug-likeness (QED) is 0.615. The maximum absolute atomic E-state index is 12.5. The van der Waals surface area contributed by atoms with Gasteiger partial charge in [0.15, 0.2) is 0 Å². The third-order valence-corrected chi connectivity index (χ3v) is 4.67. The minimum atomic E-state index is -0.460. The second kappa shape index (κ2) is 8.21. The number of hydrogen-bond donors (Lipinski definition) is 2. The monoisotopic (exact) mass is 362 g/mol. The van der Waals surface area contributed by atoms with Crippen molar-refractivity contribution in [3.05, 3.63) is 59.8 Å². The van der Waals surface area contributed by atoms with Gasteiger partial charge in [-0.05, 0) is 29.5 Å². The molecule has 1 aromatic heterocycles. The van der Waals surface area contributed by atoms with E-state index < -0.39 is 6.04 Å². The smallest absolute Gasteiger partial charge is 0.224 e. The fraction of sp³-hybridized carbons (Fsp3) is 0.368. The Balaban J connectivity index is 1.56. The number of aliphatic hydroxyl groups excluding tert-OH is 1. The number of hydrogen-bond acceptors (Lipinski definition) is 4. The molecule has 3 atom stereocenters. The molecule has 1 aromatic carbocycles. The summed E-state index contributed by atoms with van der Waals surface area (Å²) in [5.41, 5.74) is 1.96. The predicted molar refractivity (Wildman–Crippen MR) is 113 cm³/mol. The van der Waals surface area contributed by atoms with Gasteiger partial charge >= 0.3 is 0 Å². The summed E-state index contributed by atoms with van der Waals surface area (Å²) in [5.74, 6) is 0.777. The first-order chi connectivity index (χ1) is 12.9. The Labute approximate surface area is 163 Å². The molecular weight excluding hydrogens is 337 g/mol. The van der Waals surface area contributed by atoms with Crippen LogP contribution in [0.5, 0.6) is 5.88 Å². The highest BCUT2D eigenvalue weighted by Crippen LogP contribution is 2.47. The molecule has 27 heavy (non-hydrogen) atoms. The minimum Gasteiger partial charge on any atom is -0.479 e. The third-order valence-electron chi connectivity index (χ3n) is 4.67. The normalized spacial score (nSPS) is 19.9. The summed E-state index contributed by atoms with van der Waals surface area (Å²) in [6, 6.07) is 13.2. The van der Waals surface area contributed by atoms with E-state index in [-0.39, 0.29) is 29.5 Å². The molecule has 0 radical (unpaired) electrons. The van der Waals surface area contributed by atoms with Gasteiger partial charge in [-0.1, -0.05) is 35.4 Å². The second-order valence-corrected chi connectivity index (χ2v) is 8.38. The molecule has 2 aromatic rings. The number of carbonyl (C=O) groups excluding carboxylic acids is 1. The summed E-state index contributed by atoms with van der Waals surface area (Å²) in [7, 11) is 6.29. The van der Waals surface area contributed by atoms with E-state index in [1.807, 2.05) is 24.3 Å². The average Bonchev–Trinajstić information content (AvgIpc) is 3.46. The van der Waals surface area contributed by atoms with E-state index >= 15 is 0 Å². The van der Waals surface area contributed by atoms with Gasteiger partial charge in [-0.2, -0.15) is 0 Å². The standard InChI is InChI=1S/C19H25B3N2O3/c20-19(21,22)11-27-17-7-6-13(9-23-17)16(10-25)24-18(26)15-8-14(15)12-4-2-1-3-5-12/h1-7,9,14-16,25H,8,10-11,20-22H2,(H,24,26)/t14-,15+,16+/m1/s1. The van der Waals surface area contributed by atoms with Gasteiger partial charge in [0.1, 0.15) is 0 Å². The van der Waals surface area contributed by atoms with Gasteiger partial charge in [-0.25, -0.2) is 4.98 Å². The van der Waals surface area contributed by atoms with E-state index in [1.54, 1.807) is 12.3 Å². The van der Waals surface area contributed by atoms with Crippen LogP contribution in [-0.4, -0.2) is 52.8 Å². The van der Waals surface area contributed by atoms with Crippen molar-refractivity contribution in [1.82, 2.24) is 10.3 Å². The van der Waals surface area contributed by atoms with E-state index in [2.05, 4.69) is 46.0 Å². The number of ether oxygens (including phenoxy) is 1. The largest absolute Gasteiger partial charge is 0.479 e. The molecule has 138 valence electrons. The van der Waals surface area contributed by atoms with Crippen molar-refractivity contribution in [2.45, 2.75) is 23.5 Å². The van der Waals surface area contributed by atoms with Crippen molar-refractivity contribution >= 4 is 29.4 Å². The summed E-state index contributed by atoms with van der Waals surface area (Å²) in [6.07, 6.45) is 2.51. The fourth-order valence-corrected chi connectivity index (χ4v) is 3.04.